The van der Waals surface area contributed by atoms with Gasteiger partial charge < -0.3 is 0 Å². The molecule has 0 saturated carbocycles. The second-order valence-corrected chi connectivity index (χ2v) is 10.5. The van der Waals surface area contributed by atoms with Crippen LogP contribution in [0, 0.1) is 6.92 Å². The topological polar surface area (TPSA) is 46.2 Å². The van der Waals surface area contributed by atoms with E-state index in [1.165, 1.54) is 4.46 Å². The number of aryl methyl sites for hydroxylation is 1. The number of unbranched alkanes of at least 4 members (excludes halogenated alkanes) is 1. The molecule has 0 aliphatic heterocycles. The van der Waals surface area contributed by atoms with Gasteiger partial charge in [0.05, 0.1) is 0 Å². The van der Waals surface area contributed by atoms with Gasteiger partial charge in [-0.3, -0.25) is 0 Å². The molecule has 1 atom stereocenters. The van der Waals surface area contributed by atoms with Crippen molar-refractivity contribution < 1.29 is 8.42 Å². The maximum atomic E-state index is 12.5. The Labute approximate surface area is 152 Å². The van der Waals surface area contributed by atoms with Crippen LogP contribution in [0.15, 0.2) is 59.5 Å². The van der Waals surface area contributed by atoms with E-state index in [1.807, 2.05) is 37.3 Å². The Morgan fingerprint density at radius 2 is 1.71 bits per heavy atom. The molecule has 2 aromatic rings. The molecule has 0 spiro atoms. The average molecular weight is 410 g/mol. The average Bonchev–Trinajstić information content (AvgIpc) is 2.58. The summed E-state index contributed by atoms with van der Waals surface area (Å²) in [5.74, 6) is 0. The molecule has 2 rings (SSSR count). The molecule has 5 heteroatoms. The molecule has 0 saturated heterocycles. The van der Waals surface area contributed by atoms with E-state index in [1.54, 1.807) is 12.1 Å². The summed E-state index contributed by atoms with van der Waals surface area (Å²) in [6, 6.07) is 17.4. The van der Waals surface area contributed by atoms with Crippen molar-refractivity contribution in [1.29, 1.82) is 0 Å². The van der Waals surface area contributed by atoms with Crippen molar-refractivity contribution in [2.75, 3.05) is 6.54 Å². The quantitative estimate of drug-likeness (QED) is 0.645. The third-order valence-corrected chi connectivity index (χ3v) is 7.88. The van der Waals surface area contributed by atoms with E-state index in [0.29, 0.717) is 16.3 Å². The standard InChI is InChI=1S/C19H25NO2SSe/c1-3-4-8-19(24-18-9-6-5-7-10-18)15-20-23(21,22)17-13-11-16(2)12-14-17/h5-7,9-14,19-20H,3-4,8,15H2,1-2H3. The molecule has 130 valence electrons. The van der Waals surface area contributed by atoms with Crippen molar-refractivity contribution in [3.05, 3.63) is 60.2 Å². The van der Waals surface area contributed by atoms with Crippen molar-refractivity contribution in [1.82, 2.24) is 4.72 Å². The van der Waals surface area contributed by atoms with Gasteiger partial charge >= 0.3 is 152 Å². The van der Waals surface area contributed by atoms with E-state index < -0.39 is 10.0 Å². The molecular weight excluding hydrogens is 385 g/mol. The van der Waals surface area contributed by atoms with E-state index in [0.717, 1.165) is 24.8 Å². The Morgan fingerprint density at radius 1 is 1.04 bits per heavy atom. The molecule has 0 fully saturated rings. The Kier molecular flexibility index (Phi) is 7.50. The fourth-order valence-corrected chi connectivity index (χ4v) is 6.06. The minimum absolute atomic E-state index is 0.270. The molecule has 0 aliphatic rings. The number of nitrogens with one attached hydrogen (secondary N) is 1. The normalized spacial score (nSPS) is 12.9. The molecule has 3 nitrogen and oxygen atoms in total. The van der Waals surface area contributed by atoms with Crippen LogP contribution in [0.2, 0.25) is 4.82 Å². The zero-order chi connectivity index (χ0) is 17.4. The Morgan fingerprint density at radius 3 is 2.33 bits per heavy atom. The van der Waals surface area contributed by atoms with Crippen molar-refractivity contribution in [2.45, 2.75) is 42.8 Å². The Balaban J connectivity index is 2.02. The van der Waals surface area contributed by atoms with Crippen LogP contribution in [0.1, 0.15) is 31.7 Å². The van der Waals surface area contributed by atoms with Crippen LogP contribution < -0.4 is 9.18 Å². The molecule has 2 aromatic carbocycles. The first kappa shape index (κ1) is 19.2. The SMILES string of the molecule is CCCCC(CNS(=O)(=O)c1ccc(C)cc1)[Se]c1ccccc1. The number of sulfonamides is 1. The van der Waals surface area contributed by atoms with Gasteiger partial charge in [-0.05, 0) is 0 Å². The van der Waals surface area contributed by atoms with Gasteiger partial charge in [0.15, 0.2) is 0 Å². The van der Waals surface area contributed by atoms with Crippen LogP contribution in [-0.4, -0.2) is 29.9 Å². The van der Waals surface area contributed by atoms with Gasteiger partial charge in [-0.2, -0.15) is 0 Å². The third kappa shape index (κ3) is 6.06. The van der Waals surface area contributed by atoms with Crippen LogP contribution >= 0.6 is 0 Å². The van der Waals surface area contributed by atoms with Gasteiger partial charge in [0.2, 0.25) is 0 Å². The van der Waals surface area contributed by atoms with Gasteiger partial charge in [0.1, 0.15) is 0 Å². The first-order chi connectivity index (χ1) is 11.5. The molecular formula is C19H25NO2SSe. The van der Waals surface area contributed by atoms with Gasteiger partial charge in [0, 0.05) is 0 Å². The van der Waals surface area contributed by atoms with Crippen molar-refractivity contribution in [3.63, 3.8) is 0 Å². The fourth-order valence-electron chi connectivity index (χ4n) is 2.33. The number of benzene rings is 2. The second kappa shape index (κ2) is 9.38. The summed E-state index contributed by atoms with van der Waals surface area (Å²) in [4.78, 5) is 0.717. The van der Waals surface area contributed by atoms with Gasteiger partial charge in [-0.15, -0.1) is 0 Å². The predicted molar refractivity (Wildman–Crippen MR) is 101 cm³/mol. The van der Waals surface area contributed by atoms with Gasteiger partial charge in [0.25, 0.3) is 0 Å². The number of rotatable bonds is 9. The molecule has 0 radical (unpaired) electrons. The predicted octanol–water partition coefficient (Wildman–Crippen LogP) is 3.28. The van der Waals surface area contributed by atoms with E-state index in [2.05, 4.69) is 23.8 Å². The zero-order valence-electron chi connectivity index (χ0n) is 14.2. The first-order valence-electron chi connectivity index (χ1n) is 8.29. The molecule has 0 aromatic heterocycles. The zero-order valence-corrected chi connectivity index (χ0v) is 16.8. The van der Waals surface area contributed by atoms with Crippen LogP contribution in [0.25, 0.3) is 0 Å². The van der Waals surface area contributed by atoms with Gasteiger partial charge in [-0.1, -0.05) is 0 Å². The van der Waals surface area contributed by atoms with Crippen molar-refractivity contribution in [2.24, 2.45) is 0 Å². The summed E-state index contributed by atoms with van der Waals surface area (Å²) in [6.45, 7) is 4.63. The molecule has 0 bridgehead atoms. The number of hydrogen-bond donors (Lipinski definition) is 1. The van der Waals surface area contributed by atoms with Crippen molar-refractivity contribution >= 4 is 29.4 Å². The molecule has 0 amide bonds. The van der Waals surface area contributed by atoms with E-state index >= 15 is 0 Å². The fraction of sp³-hybridized carbons (Fsp3) is 0.368. The molecule has 0 aliphatic carbocycles. The summed E-state index contributed by atoms with van der Waals surface area (Å²) in [6.07, 6.45) is 3.32. The van der Waals surface area contributed by atoms with Gasteiger partial charge in [-0.25, -0.2) is 0 Å². The molecule has 24 heavy (non-hydrogen) atoms. The third-order valence-electron chi connectivity index (χ3n) is 3.76. The Bertz CT molecular complexity index is 715. The maximum absolute atomic E-state index is 12.5. The summed E-state index contributed by atoms with van der Waals surface area (Å²) in [5.41, 5.74) is 1.06. The second-order valence-electron chi connectivity index (χ2n) is 5.86. The number of hydrogen-bond acceptors (Lipinski definition) is 2. The van der Waals surface area contributed by atoms with E-state index in [9.17, 15) is 8.42 Å². The molecule has 1 unspecified atom stereocenters. The summed E-state index contributed by atoms with van der Waals surface area (Å²) < 4.78 is 29.1. The summed E-state index contributed by atoms with van der Waals surface area (Å²) in [5, 5.41) is 0. The van der Waals surface area contributed by atoms with Crippen LogP contribution in [-0.2, 0) is 10.0 Å². The van der Waals surface area contributed by atoms with Crippen LogP contribution in [0.3, 0.4) is 0 Å². The van der Waals surface area contributed by atoms with Crippen LogP contribution in [0.5, 0.6) is 0 Å². The Hall–Kier alpha value is -1.13. The summed E-state index contributed by atoms with van der Waals surface area (Å²) >= 11 is 0.270. The van der Waals surface area contributed by atoms with Crippen LogP contribution in [0.4, 0.5) is 0 Å². The first-order valence-corrected chi connectivity index (χ1v) is 11.6. The van der Waals surface area contributed by atoms with E-state index in [-0.39, 0.29) is 15.0 Å². The molecule has 0 heterocycles. The minimum atomic E-state index is -3.43. The monoisotopic (exact) mass is 411 g/mol. The summed E-state index contributed by atoms with van der Waals surface area (Å²) in [7, 11) is -3.43. The van der Waals surface area contributed by atoms with Crippen molar-refractivity contribution in [3.8, 4) is 0 Å². The van der Waals surface area contributed by atoms with E-state index in [4.69, 9.17) is 0 Å². The molecule has 1 N–H and O–H groups in total.